The van der Waals surface area contributed by atoms with Crippen molar-refractivity contribution in [3.8, 4) is 11.3 Å². The predicted molar refractivity (Wildman–Crippen MR) is 129 cm³/mol. The molecule has 8 nitrogen and oxygen atoms in total. The summed E-state index contributed by atoms with van der Waals surface area (Å²) < 4.78 is 47.4. The summed E-state index contributed by atoms with van der Waals surface area (Å²) in [5.74, 6) is 0.261. The third-order valence-electron chi connectivity index (χ3n) is 7.47. The summed E-state index contributed by atoms with van der Waals surface area (Å²) in [6, 6.07) is 0.0145. The smallest absolute Gasteiger partial charge is 0.381 e. The minimum absolute atomic E-state index is 0.0145. The average Bonchev–Trinajstić information content (AvgIpc) is 3.46. The highest BCUT2D eigenvalue weighted by molar-refractivity contribution is 5.96. The highest BCUT2D eigenvalue weighted by Crippen LogP contribution is 2.39. The lowest BCUT2D eigenvalue weighted by molar-refractivity contribution is -0.137. The third kappa shape index (κ3) is 5.22. The van der Waals surface area contributed by atoms with E-state index < -0.39 is 11.7 Å². The molecule has 5 rings (SSSR count). The largest absolute Gasteiger partial charge is 0.419 e. The number of hydrogen-bond donors (Lipinski definition) is 3. The molecule has 0 aliphatic carbocycles. The van der Waals surface area contributed by atoms with Crippen LogP contribution in [-0.2, 0) is 17.3 Å². The zero-order valence-corrected chi connectivity index (χ0v) is 20.7. The summed E-state index contributed by atoms with van der Waals surface area (Å²) in [6.45, 7) is 7.40. The summed E-state index contributed by atoms with van der Waals surface area (Å²) in [6.07, 6.45) is 1.54. The Morgan fingerprint density at radius 3 is 2.83 bits per heavy atom. The lowest BCUT2D eigenvalue weighted by atomic mass is 9.91. The summed E-state index contributed by atoms with van der Waals surface area (Å²) >= 11 is 0. The highest BCUT2D eigenvalue weighted by atomic mass is 19.4. The molecule has 2 atom stereocenters. The van der Waals surface area contributed by atoms with Crippen molar-refractivity contribution in [2.24, 2.45) is 5.92 Å². The maximum atomic E-state index is 14.0. The molecule has 0 aromatic carbocycles. The molecular weight excluding hydrogens is 473 g/mol. The van der Waals surface area contributed by atoms with Crippen molar-refractivity contribution in [3.63, 3.8) is 0 Å². The van der Waals surface area contributed by atoms with Crippen LogP contribution in [0.2, 0.25) is 0 Å². The summed E-state index contributed by atoms with van der Waals surface area (Å²) in [5.41, 5.74) is 0.160. The van der Waals surface area contributed by atoms with Crippen molar-refractivity contribution in [1.29, 1.82) is 0 Å². The zero-order valence-electron chi connectivity index (χ0n) is 20.7. The lowest BCUT2D eigenvalue weighted by Crippen LogP contribution is -2.50. The summed E-state index contributed by atoms with van der Waals surface area (Å²) in [4.78, 5) is 26.4. The minimum Gasteiger partial charge on any atom is -0.381 e. The van der Waals surface area contributed by atoms with Crippen LogP contribution >= 0.6 is 0 Å². The first-order valence-corrected chi connectivity index (χ1v) is 12.6. The van der Waals surface area contributed by atoms with Crippen LogP contribution in [-0.4, -0.2) is 70.2 Å². The number of carbonyl (C=O) groups is 1. The first kappa shape index (κ1) is 25.0. The van der Waals surface area contributed by atoms with Crippen LogP contribution in [0.15, 0.2) is 12.4 Å². The van der Waals surface area contributed by atoms with E-state index in [2.05, 4.69) is 39.4 Å². The zero-order chi connectivity index (χ0) is 25.5. The molecule has 3 aliphatic heterocycles. The van der Waals surface area contributed by atoms with E-state index in [1.165, 1.54) is 6.20 Å². The van der Waals surface area contributed by atoms with E-state index in [4.69, 9.17) is 4.74 Å². The number of anilines is 1. The third-order valence-corrected chi connectivity index (χ3v) is 7.47. The van der Waals surface area contributed by atoms with E-state index in [-0.39, 0.29) is 35.0 Å². The van der Waals surface area contributed by atoms with E-state index in [1.54, 1.807) is 4.90 Å². The maximum Gasteiger partial charge on any atom is 0.419 e. The van der Waals surface area contributed by atoms with E-state index in [9.17, 15) is 18.0 Å². The molecule has 0 spiro atoms. The quantitative estimate of drug-likeness (QED) is 0.570. The minimum atomic E-state index is -4.63. The number of rotatable bonds is 5. The molecule has 2 unspecified atom stereocenters. The Morgan fingerprint density at radius 2 is 2.14 bits per heavy atom. The molecule has 3 N–H and O–H groups in total. The number of nitrogens with zero attached hydrogens (tertiary/aromatic N) is 3. The van der Waals surface area contributed by atoms with Crippen molar-refractivity contribution in [1.82, 2.24) is 25.2 Å². The van der Waals surface area contributed by atoms with Crippen LogP contribution in [0, 0.1) is 5.92 Å². The van der Waals surface area contributed by atoms with Gasteiger partial charge in [0.25, 0.3) is 5.91 Å². The van der Waals surface area contributed by atoms with Gasteiger partial charge in [-0.25, -0.2) is 9.97 Å². The molecule has 2 aromatic rings. The van der Waals surface area contributed by atoms with E-state index in [0.29, 0.717) is 62.5 Å². The van der Waals surface area contributed by atoms with Gasteiger partial charge in [0.2, 0.25) is 5.95 Å². The Bertz CT molecular complexity index is 1100. The normalized spacial score (nSPS) is 24.5. The van der Waals surface area contributed by atoms with Crippen LogP contribution in [0.3, 0.4) is 0 Å². The molecule has 5 heterocycles. The number of fused-ring (bicyclic) bond motifs is 1. The van der Waals surface area contributed by atoms with Gasteiger partial charge in [0, 0.05) is 61.7 Å². The number of alkyl halides is 3. The Morgan fingerprint density at radius 1 is 1.31 bits per heavy atom. The molecule has 2 saturated heterocycles. The molecular formula is C25H33F3N6O2. The van der Waals surface area contributed by atoms with Gasteiger partial charge in [-0.2, -0.15) is 13.2 Å². The molecule has 0 saturated carbocycles. The second-order valence-corrected chi connectivity index (χ2v) is 10.7. The molecule has 196 valence electrons. The molecule has 2 fully saturated rings. The lowest BCUT2D eigenvalue weighted by Gasteiger charge is -2.36. The maximum absolute atomic E-state index is 14.0. The number of ether oxygens (including phenoxy) is 1. The SMILES string of the molecule is CC1(C)CCC(Nc2ncc(C(F)(F)F)c(-c3c[nH]c4c3CCCN(CC3CCOC3)C4=O)n2)CN1. The number of nitrogens with one attached hydrogen (secondary N) is 3. The molecule has 11 heteroatoms. The fourth-order valence-corrected chi connectivity index (χ4v) is 5.33. The summed E-state index contributed by atoms with van der Waals surface area (Å²) in [5, 5.41) is 6.63. The van der Waals surface area contributed by atoms with E-state index >= 15 is 0 Å². The molecule has 2 aromatic heterocycles. The van der Waals surface area contributed by atoms with Gasteiger partial charge < -0.3 is 25.3 Å². The van der Waals surface area contributed by atoms with Crippen molar-refractivity contribution in [2.45, 2.75) is 63.7 Å². The van der Waals surface area contributed by atoms with Gasteiger partial charge >= 0.3 is 6.18 Å². The topological polar surface area (TPSA) is 95.2 Å². The number of hydrogen-bond acceptors (Lipinski definition) is 6. The van der Waals surface area contributed by atoms with Crippen LogP contribution in [0.4, 0.5) is 19.1 Å². The standard InChI is InChI=1S/C25H33F3N6O2/c1-24(2)7-5-16(10-31-24)32-23-30-12-19(25(26,27)28)20(33-23)18-11-29-21-17(18)4-3-8-34(22(21)35)13-15-6-9-36-14-15/h11-12,15-16,29,31H,3-10,13-14H2,1-2H3,(H,30,32,33). The fraction of sp³-hybridized carbons (Fsp3) is 0.640. The number of carbonyl (C=O) groups excluding carboxylic acids is 1. The van der Waals surface area contributed by atoms with Crippen molar-refractivity contribution >= 4 is 11.9 Å². The van der Waals surface area contributed by atoms with Crippen LogP contribution < -0.4 is 10.6 Å². The van der Waals surface area contributed by atoms with Gasteiger partial charge in [-0.1, -0.05) is 0 Å². The first-order valence-electron chi connectivity index (χ1n) is 12.6. The molecule has 3 aliphatic rings. The Kier molecular flexibility index (Phi) is 6.71. The number of H-pyrrole nitrogens is 1. The molecule has 0 radical (unpaired) electrons. The van der Waals surface area contributed by atoms with Crippen molar-refractivity contribution in [3.05, 3.63) is 29.2 Å². The monoisotopic (exact) mass is 506 g/mol. The second kappa shape index (κ2) is 9.66. The Labute approximate surface area is 208 Å². The Balaban J connectivity index is 1.44. The fourth-order valence-electron chi connectivity index (χ4n) is 5.33. The number of halogens is 3. The number of aromatic amines is 1. The second-order valence-electron chi connectivity index (χ2n) is 10.7. The van der Waals surface area contributed by atoms with Gasteiger partial charge in [-0.05, 0) is 51.5 Å². The first-order chi connectivity index (χ1) is 17.1. The van der Waals surface area contributed by atoms with Gasteiger partial charge in [-0.15, -0.1) is 0 Å². The highest BCUT2D eigenvalue weighted by Gasteiger charge is 2.38. The van der Waals surface area contributed by atoms with Gasteiger partial charge in [0.15, 0.2) is 0 Å². The van der Waals surface area contributed by atoms with Crippen LogP contribution in [0.25, 0.3) is 11.3 Å². The number of aromatic nitrogens is 3. The van der Waals surface area contributed by atoms with E-state index in [0.717, 1.165) is 25.5 Å². The van der Waals surface area contributed by atoms with Crippen molar-refractivity contribution < 1.29 is 22.7 Å². The predicted octanol–water partition coefficient (Wildman–Crippen LogP) is 3.86. The van der Waals surface area contributed by atoms with Crippen LogP contribution in [0.1, 0.15) is 61.1 Å². The van der Waals surface area contributed by atoms with Gasteiger partial charge in [-0.3, -0.25) is 4.79 Å². The van der Waals surface area contributed by atoms with Crippen LogP contribution in [0.5, 0.6) is 0 Å². The number of piperidine rings is 1. The number of amides is 1. The van der Waals surface area contributed by atoms with Crippen molar-refractivity contribution in [2.75, 3.05) is 38.2 Å². The van der Waals surface area contributed by atoms with Gasteiger partial charge in [0.05, 0.1) is 12.3 Å². The molecule has 1 amide bonds. The Hall–Kier alpha value is -2.66. The summed E-state index contributed by atoms with van der Waals surface area (Å²) in [7, 11) is 0. The molecule has 36 heavy (non-hydrogen) atoms. The van der Waals surface area contributed by atoms with E-state index in [1.807, 2.05) is 0 Å². The average molecular weight is 507 g/mol. The molecule has 0 bridgehead atoms. The van der Waals surface area contributed by atoms with Gasteiger partial charge in [0.1, 0.15) is 11.3 Å².